The molecule has 0 radical (unpaired) electrons. The summed E-state index contributed by atoms with van der Waals surface area (Å²) >= 11 is 6.02. The Balaban J connectivity index is 2.08. The molecule has 2 aromatic rings. The van der Waals surface area contributed by atoms with Gasteiger partial charge in [-0.05, 0) is 24.3 Å². The van der Waals surface area contributed by atoms with E-state index in [9.17, 15) is 13.6 Å². The largest absolute Gasteiger partial charge is 0.381 e. The molecule has 0 atom stereocenters. The van der Waals surface area contributed by atoms with Crippen LogP contribution in [-0.4, -0.2) is 5.91 Å². The van der Waals surface area contributed by atoms with Crippen LogP contribution in [0.3, 0.4) is 0 Å². The van der Waals surface area contributed by atoms with Gasteiger partial charge in [0.15, 0.2) is 11.6 Å². The lowest BCUT2D eigenvalue weighted by atomic mass is 10.2. The van der Waals surface area contributed by atoms with Crippen molar-refractivity contribution in [1.29, 1.82) is 0 Å². The summed E-state index contributed by atoms with van der Waals surface area (Å²) in [6.45, 7) is 1.51. The Kier molecular flexibility index (Phi) is 4.75. The molecule has 0 saturated heterocycles. The monoisotopic (exact) mass is 310 g/mol. The third kappa shape index (κ3) is 3.92. The maximum atomic E-state index is 13.5. The molecule has 0 aliphatic carbocycles. The lowest BCUT2D eigenvalue weighted by Crippen LogP contribution is -2.07. The van der Waals surface area contributed by atoms with Crippen molar-refractivity contribution in [3.8, 4) is 0 Å². The molecule has 2 rings (SSSR count). The molecule has 0 aromatic heterocycles. The van der Waals surface area contributed by atoms with Crippen molar-refractivity contribution in [2.45, 2.75) is 13.5 Å². The minimum Gasteiger partial charge on any atom is -0.381 e. The Bertz CT molecular complexity index is 677. The molecule has 21 heavy (non-hydrogen) atoms. The topological polar surface area (TPSA) is 41.1 Å². The Morgan fingerprint density at radius 1 is 1.24 bits per heavy atom. The van der Waals surface area contributed by atoms with Gasteiger partial charge in [0.05, 0.1) is 10.7 Å². The molecule has 0 aliphatic heterocycles. The molecule has 2 N–H and O–H groups in total. The third-order valence-electron chi connectivity index (χ3n) is 2.79. The zero-order chi connectivity index (χ0) is 15.4. The summed E-state index contributed by atoms with van der Waals surface area (Å²) in [7, 11) is 0. The van der Waals surface area contributed by atoms with Crippen LogP contribution < -0.4 is 10.6 Å². The zero-order valence-electron chi connectivity index (χ0n) is 11.2. The standard InChI is InChI=1S/C15H13ClF2N2O/c1-9(21)20-14-6-5-11(7-12(14)16)19-8-10-3-2-4-13(17)15(10)18/h2-7,19H,8H2,1H3,(H,20,21). The second-order valence-electron chi connectivity index (χ2n) is 4.44. The van der Waals surface area contributed by atoms with Gasteiger partial charge in [-0.2, -0.15) is 0 Å². The Morgan fingerprint density at radius 2 is 2.00 bits per heavy atom. The van der Waals surface area contributed by atoms with Gasteiger partial charge < -0.3 is 10.6 Å². The fourth-order valence-electron chi connectivity index (χ4n) is 1.80. The molecule has 110 valence electrons. The molecule has 1 amide bonds. The van der Waals surface area contributed by atoms with Crippen LogP contribution in [0.25, 0.3) is 0 Å². The summed E-state index contributed by atoms with van der Waals surface area (Å²) in [5.74, 6) is -1.97. The lowest BCUT2D eigenvalue weighted by molar-refractivity contribution is -0.114. The summed E-state index contributed by atoms with van der Waals surface area (Å²) in [6, 6.07) is 8.94. The number of amides is 1. The predicted molar refractivity (Wildman–Crippen MR) is 79.4 cm³/mol. The number of benzene rings is 2. The molecule has 0 bridgehead atoms. The van der Waals surface area contributed by atoms with E-state index in [4.69, 9.17) is 11.6 Å². The van der Waals surface area contributed by atoms with Gasteiger partial charge in [-0.25, -0.2) is 8.78 Å². The van der Waals surface area contributed by atoms with E-state index < -0.39 is 11.6 Å². The van der Waals surface area contributed by atoms with E-state index in [-0.39, 0.29) is 18.0 Å². The molecule has 6 heteroatoms. The van der Waals surface area contributed by atoms with Crippen LogP contribution in [0.2, 0.25) is 5.02 Å². The highest BCUT2D eigenvalue weighted by atomic mass is 35.5. The molecule has 0 saturated carbocycles. The average Bonchev–Trinajstić information content (AvgIpc) is 2.43. The highest BCUT2D eigenvalue weighted by Crippen LogP contribution is 2.26. The summed E-state index contributed by atoms with van der Waals surface area (Å²) < 4.78 is 26.6. The van der Waals surface area contributed by atoms with Crippen molar-refractivity contribution in [2.75, 3.05) is 10.6 Å². The second kappa shape index (κ2) is 6.54. The quantitative estimate of drug-likeness (QED) is 0.889. The van der Waals surface area contributed by atoms with Crippen molar-refractivity contribution < 1.29 is 13.6 Å². The molecule has 0 spiro atoms. The number of hydrogen-bond donors (Lipinski definition) is 2. The summed E-state index contributed by atoms with van der Waals surface area (Å²) in [5, 5.41) is 5.89. The molecular formula is C15H13ClF2N2O. The van der Waals surface area contributed by atoms with E-state index in [1.807, 2.05) is 0 Å². The highest BCUT2D eigenvalue weighted by molar-refractivity contribution is 6.34. The van der Waals surface area contributed by atoms with Gasteiger partial charge in [0.1, 0.15) is 0 Å². The van der Waals surface area contributed by atoms with Crippen molar-refractivity contribution >= 4 is 28.9 Å². The van der Waals surface area contributed by atoms with Crippen molar-refractivity contribution in [3.63, 3.8) is 0 Å². The Morgan fingerprint density at radius 3 is 2.67 bits per heavy atom. The van der Waals surface area contributed by atoms with Crippen LogP contribution in [0, 0.1) is 11.6 Å². The molecule has 0 fully saturated rings. The molecule has 3 nitrogen and oxygen atoms in total. The third-order valence-corrected chi connectivity index (χ3v) is 3.11. The lowest BCUT2D eigenvalue weighted by Gasteiger charge is -2.10. The minimum absolute atomic E-state index is 0.124. The second-order valence-corrected chi connectivity index (χ2v) is 4.85. The normalized spacial score (nSPS) is 10.3. The van der Waals surface area contributed by atoms with Crippen LogP contribution in [0.15, 0.2) is 36.4 Å². The van der Waals surface area contributed by atoms with Crippen molar-refractivity contribution in [1.82, 2.24) is 0 Å². The van der Waals surface area contributed by atoms with E-state index in [0.717, 1.165) is 6.07 Å². The molecule has 0 unspecified atom stereocenters. The molecule has 0 heterocycles. The van der Waals surface area contributed by atoms with Crippen LogP contribution in [-0.2, 0) is 11.3 Å². The van der Waals surface area contributed by atoms with Gasteiger partial charge in [0.25, 0.3) is 0 Å². The fraction of sp³-hybridized carbons (Fsp3) is 0.133. The number of hydrogen-bond acceptors (Lipinski definition) is 2. The zero-order valence-corrected chi connectivity index (χ0v) is 12.0. The summed E-state index contributed by atoms with van der Waals surface area (Å²) in [6.07, 6.45) is 0. The maximum Gasteiger partial charge on any atom is 0.221 e. The smallest absolute Gasteiger partial charge is 0.221 e. The van der Waals surface area contributed by atoms with Crippen LogP contribution in [0.1, 0.15) is 12.5 Å². The van der Waals surface area contributed by atoms with Gasteiger partial charge >= 0.3 is 0 Å². The number of anilines is 2. The van der Waals surface area contributed by atoms with E-state index in [1.54, 1.807) is 18.2 Å². The first-order valence-electron chi connectivity index (χ1n) is 6.21. The number of rotatable bonds is 4. The first kappa shape index (κ1) is 15.3. The SMILES string of the molecule is CC(=O)Nc1ccc(NCc2cccc(F)c2F)cc1Cl. The van der Waals surface area contributed by atoms with E-state index in [0.29, 0.717) is 16.4 Å². The minimum atomic E-state index is -0.881. The predicted octanol–water partition coefficient (Wildman–Crippen LogP) is 4.19. The number of carbonyl (C=O) groups excluding carboxylic acids is 1. The molecule has 0 aliphatic rings. The summed E-state index contributed by atoms with van der Waals surface area (Å²) in [5.41, 5.74) is 1.35. The van der Waals surface area contributed by atoms with E-state index in [1.165, 1.54) is 19.1 Å². The van der Waals surface area contributed by atoms with Gasteiger partial charge in [-0.15, -0.1) is 0 Å². The van der Waals surface area contributed by atoms with Gasteiger partial charge in [0.2, 0.25) is 5.91 Å². The number of nitrogens with one attached hydrogen (secondary N) is 2. The molecular weight excluding hydrogens is 298 g/mol. The van der Waals surface area contributed by atoms with Crippen LogP contribution >= 0.6 is 11.6 Å². The van der Waals surface area contributed by atoms with Crippen LogP contribution in [0.4, 0.5) is 20.2 Å². The summed E-state index contributed by atoms with van der Waals surface area (Å²) in [4.78, 5) is 11.0. The average molecular weight is 311 g/mol. The maximum absolute atomic E-state index is 13.5. The Labute approximate surface area is 125 Å². The first-order valence-corrected chi connectivity index (χ1v) is 6.59. The van der Waals surface area contributed by atoms with Crippen LogP contribution in [0.5, 0.6) is 0 Å². The number of carbonyl (C=O) groups is 1. The highest BCUT2D eigenvalue weighted by Gasteiger charge is 2.08. The van der Waals surface area contributed by atoms with Crippen molar-refractivity contribution in [2.24, 2.45) is 0 Å². The Hall–Kier alpha value is -2.14. The van der Waals surface area contributed by atoms with Gasteiger partial charge in [0, 0.05) is 24.7 Å². The first-order chi connectivity index (χ1) is 9.97. The van der Waals surface area contributed by atoms with Crippen molar-refractivity contribution in [3.05, 3.63) is 58.6 Å². The van der Waals surface area contributed by atoms with Gasteiger partial charge in [-0.1, -0.05) is 23.7 Å². The number of halogens is 3. The molecule has 2 aromatic carbocycles. The van der Waals surface area contributed by atoms with Gasteiger partial charge in [-0.3, -0.25) is 4.79 Å². The fourth-order valence-corrected chi connectivity index (χ4v) is 2.03. The van der Waals surface area contributed by atoms with E-state index >= 15 is 0 Å². The van der Waals surface area contributed by atoms with E-state index in [2.05, 4.69) is 10.6 Å².